The zero-order valence-corrected chi connectivity index (χ0v) is 17.9. The number of hydrogen-bond acceptors (Lipinski definition) is 4. The average Bonchev–Trinajstić information content (AvgIpc) is 2.73. The van der Waals surface area contributed by atoms with Crippen molar-refractivity contribution in [2.24, 2.45) is 5.92 Å². The van der Waals surface area contributed by atoms with Crippen LogP contribution in [0.1, 0.15) is 51.0 Å². The van der Waals surface area contributed by atoms with Gasteiger partial charge < -0.3 is 19.9 Å². The van der Waals surface area contributed by atoms with E-state index < -0.39 is 6.10 Å². The number of ether oxygens (including phenoxy) is 2. The predicted octanol–water partition coefficient (Wildman–Crippen LogP) is 3.92. The van der Waals surface area contributed by atoms with Gasteiger partial charge in [-0.25, -0.2) is 0 Å². The van der Waals surface area contributed by atoms with Crippen molar-refractivity contribution in [1.82, 2.24) is 5.32 Å². The van der Waals surface area contributed by atoms with Gasteiger partial charge in [-0.2, -0.15) is 0 Å². The van der Waals surface area contributed by atoms with Gasteiger partial charge in [0.1, 0.15) is 0 Å². The molecule has 3 heterocycles. The van der Waals surface area contributed by atoms with Crippen molar-refractivity contribution in [2.75, 3.05) is 6.54 Å². The predicted molar refractivity (Wildman–Crippen MR) is 118 cm³/mol. The van der Waals surface area contributed by atoms with E-state index >= 15 is 0 Å². The van der Waals surface area contributed by atoms with Gasteiger partial charge >= 0.3 is 0 Å². The highest BCUT2D eigenvalue weighted by molar-refractivity contribution is 5.75. The molecule has 1 aromatic carbocycles. The molecule has 30 heavy (non-hydrogen) atoms. The highest BCUT2D eigenvalue weighted by Gasteiger charge is 2.46. The Kier molecular flexibility index (Phi) is 9.12. The molecule has 1 aromatic rings. The summed E-state index contributed by atoms with van der Waals surface area (Å²) in [4.78, 5) is 11.5. The number of aliphatic hydroxyl groups excluding tert-OH is 1. The lowest BCUT2D eigenvalue weighted by molar-refractivity contribution is -0.337. The van der Waals surface area contributed by atoms with Crippen molar-refractivity contribution in [3.05, 3.63) is 60.2 Å². The smallest absolute Gasteiger partial charge is 0.219 e. The number of fused-ring (bicyclic) bond motifs is 2. The lowest BCUT2D eigenvalue weighted by atomic mass is 9.84. The summed E-state index contributed by atoms with van der Waals surface area (Å²) in [6.45, 7) is 2.62. The van der Waals surface area contributed by atoms with E-state index in [1.54, 1.807) is 0 Å². The Labute approximate surface area is 180 Å². The molecule has 2 N–H and O–H groups in total. The number of carbonyl (C=O) groups is 1. The highest BCUT2D eigenvalue weighted by Crippen LogP contribution is 2.40. The number of carbonyl (C=O) groups excluding carboxylic acids is 1. The third-order valence-electron chi connectivity index (χ3n) is 5.78. The Morgan fingerprint density at radius 3 is 2.83 bits per heavy atom. The first-order valence-corrected chi connectivity index (χ1v) is 11.3. The first-order chi connectivity index (χ1) is 14.7. The minimum absolute atomic E-state index is 0.0196. The van der Waals surface area contributed by atoms with Crippen molar-refractivity contribution in [3.63, 3.8) is 0 Å². The van der Waals surface area contributed by atoms with E-state index in [-0.39, 0.29) is 30.3 Å². The first-order valence-electron chi connectivity index (χ1n) is 11.3. The van der Waals surface area contributed by atoms with Crippen LogP contribution < -0.4 is 5.32 Å². The maximum Gasteiger partial charge on any atom is 0.219 e. The minimum Gasteiger partial charge on any atom is -0.389 e. The summed E-state index contributed by atoms with van der Waals surface area (Å²) in [5.74, 6) is 0.392. The Balaban J connectivity index is 1.41. The van der Waals surface area contributed by atoms with Crippen LogP contribution in [-0.2, 0) is 20.7 Å². The maximum absolute atomic E-state index is 11.5. The van der Waals surface area contributed by atoms with Gasteiger partial charge in [0.05, 0.1) is 18.3 Å². The average molecular weight is 414 g/mol. The van der Waals surface area contributed by atoms with Crippen molar-refractivity contribution in [3.8, 4) is 0 Å². The molecule has 3 fully saturated rings. The molecule has 5 nitrogen and oxygen atoms in total. The van der Waals surface area contributed by atoms with Crippen LogP contribution in [0, 0.1) is 5.92 Å². The fourth-order valence-electron chi connectivity index (χ4n) is 4.03. The van der Waals surface area contributed by atoms with Crippen LogP contribution in [0.2, 0.25) is 0 Å². The third-order valence-corrected chi connectivity index (χ3v) is 5.78. The zero-order valence-electron chi connectivity index (χ0n) is 17.9. The van der Waals surface area contributed by atoms with E-state index in [2.05, 4.69) is 29.6 Å². The largest absolute Gasteiger partial charge is 0.389 e. The monoisotopic (exact) mass is 413 g/mol. The summed E-state index contributed by atoms with van der Waals surface area (Å²) in [7, 11) is 0. The van der Waals surface area contributed by atoms with Crippen LogP contribution in [0.4, 0.5) is 0 Å². The van der Waals surface area contributed by atoms with Gasteiger partial charge in [0.15, 0.2) is 6.29 Å². The molecule has 164 valence electrons. The lowest BCUT2D eigenvalue weighted by Crippen LogP contribution is -2.55. The van der Waals surface area contributed by atoms with Crippen LogP contribution in [0.3, 0.4) is 0 Å². The zero-order chi connectivity index (χ0) is 21.2. The van der Waals surface area contributed by atoms with Crippen LogP contribution >= 0.6 is 0 Å². The number of allylic oxidation sites excluding steroid dienone is 2. The van der Waals surface area contributed by atoms with E-state index in [4.69, 9.17) is 9.47 Å². The van der Waals surface area contributed by atoms with Crippen molar-refractivity contribution in [1.29, 1.82) is 0 Å². The molecule has 3 aliphatic rings. The maximum atomic E-state index is 11.5. The van der Waals surface area contributed by atoms with E-state index in [0.29, 0.717) is 19.4 Å². The standard InChI is InChI=1S/C25H35NO4/c1-2-26-24(28)13-9-4-3-8-12-21-22(29-25-18-23(21)30-25)17-16-20(27)15-14-19-10-6-5-7-11-19/h3,5-8,10-11,16-17,20-23,25,27H,2,4,9,12-15,18H2,1H3,(H,26,28)/t20-,21+,22+,23-,25+/m0/s1. The fourth-order valence-corrected chi connectivity index (χ4v) is 4.03. The number of aliphatic hydroxyl groups is 1. The normalized spacial score (nSPS) is 26.6. The number of rotatable bonds is 12. The summed E-state index contributed by atoms with van der Waals surface area (Å²) < 4.78 is 11.8. The molecule has 3 aliphatic heterocycles. The second kappa shape index (κ2) is 12.0. The Morgan fingerprint density at radius 2 is 2.07 bits per heavy atom. The summed E-state index contributed by atoms with van der Waals surface area (Å²) in [6, 6.07) is 10.2. The molecule has 0 spiro atoms. The molecule has 0 radical (unpaired) electrons. The summed E-state index contributed by atoms with van der Waals surface area (Å²) in [5.41, 5.74) is 1.24. The van der Waals surface area contributed by atoms with Crippen LogP contribution in [0.15, 0.2) is 54.6 Å². The summed E-state index contributed by atoms with van der Waals surface area (Å²) in [6.07, 6.45) is 13.6. The van der Waals surface area contributed by atoms with Crippen LogP contribution in [0.25, 0.3) is 0 Å². The van der Waals surface area contributed by atoms with Gasteiger partial charge in [0.2, 0.25) is 5.91 Å². The number of aryl methyl sites for hydroxylation is 1. The van der Waals surface area contributed by atoms with Crippen LogP contribution in [0.5, 0.6) is 0 Å². The SMILES string of the molecule is CCNC(=O)CCCC=CC[C@H]1[C@@H]2C[C@@H](O2)O[C@@H]1C=C[C@@H](O)CCc1ccccc1. The van der Waals surface area contributed by atoms with E-state index in [9.17, 15) is 9.90 Å². The Bertz CT molecular complexity index is 696. The molecule has 4 rings (SSSR count). The number of nitrogens with one attached hydrogen (secondary N) is 1. The molecule has 0 saturated carbocycles. The molecule has 0 aliphatic carbocycles. The van der Waals surface area contributed by atoms with Crippen LogP contribution in [-0.4, -0.2) is 42.2 Å². The van der Waals surface area contributed by atoms with E-state index in [1.165, 1.54) is 5.56 Å². The van der Waals surface area contributed by atoms with E-state index in [0.717, 1.165) is 32.1 Å². The van der Waals surface area contributed by atoms with Crippen molar-refractivity contribution in [2.45, 2.75) is 76.5 Å². The highest BCUT2D eigenvalue weighted by atomic mass is 16.7. The van der Waals surface area contributed by atoms with Gasteiger partial charge in [0.25, 0.3) is 0 Å². The van der Waals surface area contributed by atoms with Crippen molar-refractivity contribution < 1.29 is 19.4 Å². The number of unbranched alkanes of at least 4 members (excludes halogenated alkanes) is 1. The van der Waals surface area contributed by atoms with E-state index in [1.807, 2.05) is 37.3 Å². The summed E-state index contributed by atoms with van der Waals surface area (Å²) >= 11 is 0. The quantitative estimate of drug-likeness (QED) is 0.403. The molecule has 1 amide bonds. The Hall–Kier alpha value is -1.95. The van der Waals surface area contributed by atoms with Gasteiger partial charge in [-0.3, -0.25) is 4.79 Å². The Morgan fingerprint density at radius 1 is 1.27 bits per heavy atom. The van der Waals surface area contributed by atoms with Gasteiger partial charge in [0, 0.05) is 25.3 Å². The van der Waals surface area contributed by atoms with Gasteiger partial charge in [-0.05, 0) is 44.6 Å². The molecule has 5 atom stereocenters. The second-order valence-electron chi connectivity index (χ2n) is 8.13. The van der Waals surface area contributed by atoms with Gasteiger partial charge in [-0.15, -0.1) is 0 Å². The second-order valence-corrected chi connectivity index (χ2v) is 8.13. The topological polar surface area (TPSA) is 67.8 Å². The molecular formula is C25H35NO4. The molecule has 5 heteroatoms. The van der Waals surface area contributed by atoms with Gasteiger partial charge in [-0.1, -0.05) is 54.6 Å². The molecule has 3 saturated heterocycles. The van der Waals surface area contributed by atoms with Crippen molar-refractivity contribution >= 4 is 5.91 Å². The summed E-state index contributed by atoms with van der Waals surface area (Å²) in [5, 5.41) is 13.2. The molecule has 0 unspecified atom stereocenters. The number of hydrogen-bond donors (Lipinski definition) is 2. The number of benzene rings is 1. The third kappa shape index (κ3) is 7.08. The molecule has 2 bridgehead atoms. The lowest BCUT2D eigenvalue weighted by Gasteiger charge is -2.49. The molecular weight excluding hydrogens is 378 g/mol. The fraction of sp³-hybridized carbons (Fsp3) is 0.560. The number of amides is 1. The minimum atomic E-state index is -0.474. The molecule has 0 aromatic heterocycles. The first kappa shape index (κ1) is 22.7.